The second-order valence-corrected chi connectivity index (χ2v) is 6.11. The summed E-state index contributed by atoms with van der Waals surface area (Å²) in [5.74, 6) is 2.29. The molecule has 2 rings (SSSR count). The minimum absolute atomic E-state index is 0.483. The zero-order valence-corrected chi connectivity index (χ0v) is 13.3. The van der Waals surface area contributed by atoms with Crippen LogP contribution in [-0.4, -0.2) is 18.3 Å². The minimum atomic E-state index is 0.483. The third-order valence-electron chi connectivity index (χ3n) is 4.37. The molecule has 0 spiro atoms. The summed E-state index contributed by atoms with van der Waals surface area (Å²) in [5, 5.41) is 7.42. The molecule has 2 N–H and O–H groups in total. The molecule has 0 aliphatic heterocycles. The van der Waals surface area contributed by atoms with Crippen LogP contribution >= 0.6 is 12.2 Å². The van der Waals surface area contributed by atoms with E-state index in [4.69, 9.17) is 17.0 Å². The number of hydrogen-bond acceptors (Lipinski definition) is 2. The van der Waals surface area contributed by atoms with Crippen LogP contribution in [-0.2, 0) is 0 Å². The van der Waals surface area contributed by atoms with Crippen LogP contribution in [0.15, 0.2) is 24.3 Å². The molecule has 1 fully saturated rings. The van der Waals surface area contributed by atoms with Gasteiger partial charge in [-0.15, -0.1) is 0 Å². The maximum atomic E-state index is 5.42. The van der Waals surface area contributed by atoms with E-state index in [-0.39, 0.29) is 0 Å². The number of methoxy groups -OCH3 is 1. The van der Waals surface area contributed by atoms with Gasteiger partial charge in [-0.2, -0.15) is 0 Å². The lowest BCUT2D eigenvalue weighted by molar-refractivity contribution is 0.225. The van der Waals surface area contributed by atoms with Crippen LogP contribution in [0.3, 0.4) is 0 Å². The van der Waals surface area contributed by atoms with Crippen molar-refractivity contribution in [3.8, 4) is 5.75 Å². The smallest absolute Gasteiger partial charge is 0.171 e. The Morgan fingerprint density at radius 2 is 1.90 bits per heavy atom. The third kappa shape index (κ3) is 3.85. The van der Waals surface area contributed by atoms with Crippen molar-refractivity contribution in [1.29, 1.82) is 0 Å². The largest absolute Gasteiger partial charge is 0.497 e. The first-order valence-corrected chi connectivity index (χ1v) is 7.72. The van der Waals surface area contributed by atoms with E-state index in [9.17, 15) is 0 Å². The van der Waals surface area contributed by atoms with Crippen LogP contribution in [0.5, 0.6) is 5.75 Å². The summed E-state index contributed by atoms with van der Waals surface area (Å²) in [6, 6.07) is 8.28. The average molecular weight is 292 g/mol. The van der Waals surface area contributed by atoms with E-state index in [1.807, 2.05) is 24.3 Å². The fourth-order valence-electron chi connectivity index (χ4n) is 2.80. The highest BCUT2D eigenvalue weighted by molar-refractivity contribution is 7.80. The Kier molecular flexibility index (Phi) is 5.24. The van der Waals surface area contributed by atoms with Crippen LogP contribution < -0.4 is 15.4 Å². The fourth-order valence-corrected chi connectivity index (χ4v) is 3.06. The Balaban J connectivity index is 1.88. The van der Waals surface area contributed by atoms with E-state index in [0.717, 1.165) is 17.4 Å². The van der Waals surface area contributed by atoms with Gasteiger partial charge >= 0.3 is 0 Å². The Labute approximate surface area is 127 Å². The lowest BCUT2D eigenvalue weighted by Crippen LogP contribution is -2.45. The maximum Gasteiger partial charge on any atom is 0.171 e. The maximum absolute atomic E-state index is 5.42. The van der Waals surface area contributed by atoms with E-state index in [1.165, 1.54) is 19.3 Å². The van der Waals surface area contributed by atoms with Crippen LogP contribution in [0.2, 0.25) is 0 Å². The van der Waals surface area contributed by atoms with Crippen LogP contribution in [0.1, 0.15) is 33.1 Å². The van der Waals surface area contributed by atoms with Gasteiger partial charge in [0, 0.05) is 11.7 Å². The molecule has 20 heavy (non-hydrogen) atoms. The van der Waals surface area contributed by atoms with Crippen molar-refractivity contribution in [2.45, 2.75) is 39.2 Å². The molecule has 1 aromatic rings. The Morgan fingerprint density at radius 3 is 2.55 bits per heavy atom. The van der Waals surface area contributed by atoms with Gasteiger partial charge in [-0.05, 0) is 54.7 Å². The molecular formula is C16H24N2OS. The highest BCUT2D eigenvalue weighted by atomic mass is 32.1. The van der Waals surface area contributed by atoms with Gasteiger partial charge in [0.05, 0.1) is 7.11 Å². The molecule has 0 unspecified atom stereocenters. The summed E-state index contributed by atoms with van der Waals surface area (Å²) in [6.45, 7) is 4.65. The molecule has 1 aliphatic carbocycles. The van der Waals surface area contributed by atoms with Gasteiger partial charge < -0.3 is 15.4 Å². The van der Waals surface area contributed by atoms with E-state index < -0.39 is 0 Å². The van der Waals surface area contributed by atoms with Crippen molar-refractivity contribution in [1.82, 2.24) is 5.32 Å². The number of anilines is 1. The number of hydrogen-bond donors (Lipinski definition) is 2. The predicted molar refractivity (Wildman–Crippen MR) is 88.3 cm³/mol. The van der Waals surface area contributed by atoms with Gasteiger partial charge in [-0.25, -0.2) is 0 Å². The van der Waals surface area contributed by atoms with E-state index in [2.05, 4.69) is 24.5 Å². The number of ether oxygens (including phenoxy) is 1. The van der Waals surface area contributed by atoms with E-state index in [1.54, 1.807) is 7.11 Å². The van der Waals surface area contributed by atoms with Crippen LogP contribution in [0, 0.1) is 11.8 Å². The predicted octanol–water partition coefficient (Wildman–Crippen LogP) is 3.81. The topological polar surface area (TPSA) is 33.3 Å². The Hall–Kier alpha value is -1.29. The normalized spacial score (nSPS) is 25.9. The monoisotopic (exact) mass is 292 g/mol. The molecule has 110 valence electrons. The first kappa shape index (κ1) is 15.1. The molecular weight excluding hydrogens is 268 g/mol. The van der Waals surface area contributed by atoms with Crippen molar-refractivity contribution >= 4 is 23.0 Å². The van der Waals surface area contributed by atoms with Crippen molar-refractivity contribution in [2.24, 2.45) is 11.8 Å². The van der Waals surface area contributed by atoms with Crippen molar-refractivity contribution in [3.63, 3.8) is 0 Å². The van der Waals surface area contributed by atoms with Crippen LogP contribution in [0.25, 0.3) is 0 Å². The molecule has 0 radical (unpaired) electrons. The van der Waals surface area contributed by atoms with Crippen LogP contribution in [0.4, 0.5) is 5.69 Å². The minimum Gasteiger partial charge on any atom is -0.497 e. The van der Waals surface area contributed by atoms with E-state index >= 15 is 0 Å². The number of benzene rings is 1. The standard InChI is InChI=1S/C16H24N2OS/c1-11-5-4-6-15(12(11)2)18-16(20)17-13-7-9-14(19-3)10-8-13/h7-12,15H,4-6H2,1-3H3,(H2,17,18,20)/t11-,12-,15-/m0/s1. The average Bonchev–Trinajstić information content (AvgIpc) is 2.45. The molecule has 0 aromatic heterocycles. The lowest BCUT2D eigenvalue weighted by atomic mass is 9.78. The zero-order chi connectivity index (χ0) is 14.5. The number of rotatable bonds is 3. The van der Waals surface area contributed by atoms with E-state index in [0.29, 0.717) is 17.1 Å². The number of nitrogens with one attached hydrogen (secondary N) is 2. The highest BCUT2D eigenvalue weighted by Crippen LogP contribution is 2.29. The van der Waals surface area contributed by atoms with Crippen molar-refractivity contribution in [2.75, 3.05) is 12.4 Å². The second kappa shape index (κ2) is 6.93. The lowest BCUT2D eigenvalue weighted by Gasteiger charge is -2.35. The van der Waals surface area contributed by atoms with Crippen molar-refractivity contribution < 1.29 is 4.74 Å². The number of thiocarbonyl (C=S) groups is 1. The molecule has 1 saturated carbocycles. The first-order chi connectivity index (χ1) is 9.60. The Morgan fingerprint density at radius 1 is 1.20 bits per heavy atom. The summed E-state index contributed by atoms with van der Waals surface area (Å²) in [6.07, 6.45) is 3.82. The third-order valence-corrected chi connectivity index (χ3v) is 4.59. The van der Waals surface area contributed by atoms with Crippen molar-refractivity contribution in [3.05, 3.63) is 24.3 Å². The second-order valence-electron chi connectivity index (χ2n) is 5.70. The summed E-state index contributed by atoms with van der Waals surface area (Å²) < 4.78 is 5.15. The van der Waals surface area contributed by atoms with Gasteiger partial charge in [0.25, 0.3) is 0 Å². The summed E-state index contributed by atoms with van der Waals surface area (Å²) >= 11 is 5.42. The molecule has 1 aliphatic rings. The molecule has 3 atom stereocenters. The zero-order valence-electron chi connectivity index (χ0n) is 12.5. The fraction of sp³-hybridized carbons (Fsp3) is 0.562. The molecule has 0 amide bonds. The molecule has 3 nitrogen and oxygen atoms in total. The highest BCUT2D eigenvalue weighted by Gasteiger charge is 2.27. The summed E-state index contributed by atoms with van der Waals surface area (Å²) in [5.41, 5.74) is 0.986. The first-order valence-electron chi connectivity index (χ1n) is 7.31. The van der Waals surface area contributed by atoms with Gasteiger partial charge in [0.1, 0.15) is 5.75 Å². The van der Waals surface area contributed by atoms with Gasteiger partial charge in [0.15, 0.2) is 5.11 Å². The Bertz CT molecular complexity index is 446. The molecule has 0 saturated heterocycles. The summed E-state index contributed by atoms with van der Waals surface area (Å²) in [4.78, 5) is 0. The molecule has 1 aromatic carbocycles. The van der Waals surface area contributed by atoms with Gasteiger partial charge in [-0.1, -0.05) is 26.7 Å². The van der Waals surface area contributed by atoms with Gasteiger partial charge in [0.2, 0.25) is 0 Å². The van der Waals surface area contributed by atoms with Gasteiger partial charge in [-0.3, -0.25) is 0 Å². The summed E-state index contributed by atoms with van der Waals surface area (Å²) in [7, 11) is 1.67. The quantitative estimate of drug-likeness (QED) is 0.830. The molecule has 0 heterocycles. The molecule has 4 heteroatoms. The SMILES string of the molecule is COc1ccc(NC(=S)N[C@H]2CCC[C@H](C)[C@@H]2C)cc1. The molecule has 0 bridgehead atoms.